The Morgan fingerprint density at radius 1 is 1.35 bits per heavy atom. The van der Waals surface area contributed by atoms with Gasteiger partial charge in [-0.3, -0.25) is 0 Å². The Balaban J connectivity index is 2.06. The zero-order valence-electron chi connectivity index (χ0n) is 10.7. The molecule has 0 bridgehead atoms. The van der Waals surface area contributed by atoms with Gasteiger partial charge in [0.15, 0.2) is 0 Å². The minimum atomic E-state index is -0.540. The number of rotatable bonds is 3. The van der Waals surface area contributed by atoms with Gasteiger partial charge >= 0.3 is 0 Å². The van der Waals surface area contributed by atoms with Crippen molar-refractivity contribution in [2.45, 2.75) is 31.9 Å². The fraction of sp³-hybridized carbons (Fsp3) is 0.571. The van der Waals surface area contributed by atoms with Crippen LogP contribution in [0.2, 0.25) is 0 Å². The van der Waals surface area contributed by atoms with Crippen molar-refractivity contribution < 1.29 is 5.11 Å². The molecule has 0 amide bonds. The number of nitrogens with zero attached hydrogens (tertiary/aromatic N) is 1. The summed E-state index contributed by atoms with van der Waals surface area (Å²) in [5, 5.41) is 13.2. The van der Waals surface area contributed by atoms with Crippen LogP contribution in [0.25, 0.3) is 0 Å². The summed E-state index contributed by atoms with van der Waals surface area (Å²) in [6.45, 7) is 4.60. The predicted molar refractivity (Wildman–Crippen MR) is 71.3 cm³/mol. The number of hydrogen-bond donors (Lipinski definition) is 2. The monoisotopic (exact) mass is 234 g/mol. The van der Waals surface area contributed by atoms with Crippen molar-refractivity contribution in [3.8, 4) is 0 Å². The number of aliphatic hydroxyl groups is 1. The van der Waals surface area contributed by atoms with Crippen LogP contribution in [0.15, 0.2) is 24.3 Å². The summed E-state index contributed by atoms with van der Waals surface area (Å²) in [6.07, 6.45) is 1.96. The molecule has 0 aliphatic carbocycles. The maximum atomic E-state index is 10.1. The Morgan fingerprint density at radius 3 is 2.65 bits per heavy atom. The van der Waals surface area contributed by atoms with Crippen LogP contribution in [-0.2, 0) is 6.54 Å². The zero-order valence-corrected chi connectivity index (χ0v) is 10.7. The molecule has 1 heterocycles. The minimum Gasteiger partial charge on any atom is -0.388 e. The highest BCUT2D eigenvalue weighted by molar-refractivity contribution is 5.48. The molecule has 3 nitrogen and oxygen atoms in total. The lowest BCUT2D eigenvalue weighted by atomic mass is 9.95. The first-order valence-electron chi connectivity index (χ1n) is 6.32. The van der Waals surface area contributed by atoms with E-state index in [1.54, 1.807) is 0 Å². The van der Waals surface area contributed by atoms with E-state index in [1.807, 2.05) is 14.0 Å². The van der Waals surface area contributed by atoms with E-state index in [0.717, 1.165) is 32.5 Å². The van der Waals surface area contributed by atoms with Gasteiger partial charge in [0.05, 0.1) is 5.60 Å². The smallest absolute Gasteiger partial charge is 0.0794 e. The predicted octanol–water partition coefficient (Wildman–Crippen LogP) is 1.76. The Bertz CT molecular complexity index is 359. The van der Waals surface area contributed by atoms with E-state index in [0.29, 0.717) is 0 Å². The Morgan fingerprint density at radius 2 is 2.06 bits per heavy atom. The van der Waals surface area contributed by atoms with Gasteiger partial charge in [0.2, 0.25) is 0 Å². The van der Waals surface area contributed by atoms with Gasteiger partial charge in [0.1, 0.15) is 0 Å². The highest BCUT2D eigenvalue weighted by atomic mass is 16.3. The molecule has 0 radical (unpaired) electrons. The van der Waals surface area contributed by atoms with Gasteiger partial charge in [-0.2, -0.15) is 0 Å². The molecule has 1 aliphatic rings. The molecule has 0 aromatic heterocycles. The molecule has 0 saturated carbocycles. The molecule has 2 rings (SSSR count). The highest BCUT2D eigenvalue weighted by Gasteiger charge is 2.28. The summed E-state index contributed by atoms with van der Waals surface area (Å²) in [4.78, 5) is 2.27. The normalized spacial score (nSPS) is 25.0. The van der Waals surface area contributed by atoms with Crippen LogP contribution in [0, 0.1) is 0 Å². The Hall–Kier alpha value is -1.06. The van der Waals surface area contributed by atoms with E-state index in [-0.39, 0.29) is 0 Å². The average Bonchev–Trinajstić information content (AvgIpc) is 2.29. The SMILES string of the molecule is CNCc1ccc(N2CCCC(C)(O)C2)cc1. The van der Waals surface area contributed by atoms with Gasteiger partial charge in [0, 0.05) is 25.3 Å². The van der Waals surface area contributed by atoms with Gasteiger partial charge in [0.25, 0.3) is 0 Å². The molecule has 0 spiro atoms. The van der Waals surface area contributed by atoms with Crippen molar-refractivity contribution in [2.75, 3.05) is 25.0 Å². The first-order chi connectivity index (χ1) is 8.11. The van der Waals surface area contributed by atoms with Crippen LogP contribution in [0.5, 0.6) is 0 Å². The molecular formula is C14H22N2O. The number of nitrogens with one attached hydrogen (secondary N) is 1. The highest BCUT2D eigenvalue weighted by Crippen LogP contribution is 2.25. The first-order valence-corrected chi connectivity index (χ1v) is 6.32. The second-order valence-corrected chi connectivity index (χ2v) is 5.22. The second-order valence-electron chi connectivity index (χ2n) is 5.22. The van der Waals surface area contributed by atoms with Crippen LogP contribution in [0.1, 0.15) is 25.3 Å². The van der Waals surface area contributed by atoms with Crippen LogP contribution < -0.4 is 10.2 Å². The van der Waals surface area contributed by atoms with E-state index < -0.39 is 5.60 Å². The molecule has 1 atom stereocenters. The second kappa shape index (κ2) is 5.07. The maximum absolute atomic E-state index is 10.1. The van der Waals surface area contributed by atoms with Gasteiger partial charge in [-0.05, 0) is 44.5 Å². The summed E-state index contributed by atoms with van der Waals surface area (Å²) in [6, 6.07) is 8.59. The zero-order chi connectivity index (χ0) is 12.3. The quantitative estimate of drug-likeness (QED) is 0.836. The lowest BCUT2D eigenvalue weighted by Gasteiger charge is -2.38. The first kappa shape index (κ1) is 12.4. The van der Waals surface area contributed by atoms with Crippen molar-refractivity contribution in [2.24, 2.45) is 0 Å². The van der Waals surface area contributed by atoms with Gasteiger partial charge in [-0.25, -0.2) is 0 Å². The summed E-state index contributed by atoms with van der Waals surface area (Å²) in [5.41, 5.74) is 1.96. The number of hydrogen-bond acceptors (Lipinski definition) is 3. The molecular weight excluding hydrogens is 212 g/mol. The molecule has 1 aromatic rings. The maximum Gasteiger partial charge on any atom is 0.0794 e. The fourth-order valence-electron chi connectivity index (χ4n) is 2.47. The summed E-state index contributed by atoms with van der Waals surface area (Å²) >= 11 is 0. The summed E-state index contributed by atoms with van der Waals surface area (Å²) in [7, 11) is 1.95. The van der Waals surface area contributed by atoms with Crippen molar-refractivity contribution in [1.29, 1.82) is 0 Å². The number of benzene rings is 1. The van der Waals surface area contributed by atoms with E-state index in [9.17, 15) is 5.11 Å². The molecule has 1 saturated heterocycles. The van der Waals surface area contributed by atoms with Gasteiger partial charge in [-0.1, -0.05) is 12.1 Å². The van der Waals surface area contributed by atoms with Gasteiger partial charge < -0.3 is 15.3 Å². The molecule has 3 heteroatoms. The third-order valence-electron chi connectivity index (χ3n) is 3.36. The number of β-amino-alcohol motifs (C(OH)–C–C–N with tert-alkyl or cyclic N) is 1. The fourth-order valence-corrected chi connectivity index (χ4v) is 2.47. The third-order valence-corrected chi connectivity index (χ3v) is 3.36. The van der Waals surface area contributed by atoms with Crippen molar-refractivity contribution >= 4 is 5.69 Å². The molecule has 2 N–H and O–H groups in total. The van der Waals surface area contributed by atoms with Crippen LogP contribution in [-0.4, -0.2) is 30.8 Å². The number of piperidine rings is 1. The standard InChI is InChI=1S/C14H22N2O/c1-14(17)8-3-9-16(11-14)13-6-4-12(5-7-13)10-15-2/h4-7,15,17H,3,8-11H2,1-2H3. The van der Waals surface area contributed by atoms with Crippen LogP contribution in [0.4, 0.5) is 5.69 Å². The third kappa shape index (κ3) is 3.20. The molecule has 1 fully saturated rings. The van der Waals surface area contributed by atoms with E-state index in [4.69, 9.17) is 0 Å². The Labute approximate surface area is 103 Å². The van der Waals surface area contributed by atoms with Crippen molar-refractivity contribution in [3.05, 3.63) is 29.8 Å². The topological polar surface area (TPSA) is 35.5 Å². The van der Waals surface area contributed by atoms with Gasteiger partial charge in [-0.15, -0.1) is 0 Å². The molecule has 17 heavy (non-hydrogen) atoms. The van der Waals surface area contributed by atoms with Crippen LogP contribution >= 0.6 is 0 Å². The average molecular weight is 234 g/mol. The molecule has 1 unspecified atom stereocenters. The summed E-state index contributed by atoms with van der Waals surface area (Å²) < 4.78 is 0. The Kier molecular flexibility index (Phi) is 3.69. The van der Waals surface area contributed by atoms with E-state index in [1.165, 1.54) is 11.3 Å². The van der Waals surface area contributed by atoms with E-state index in [2.05, 4.69) is 34.5 Å². The lowest BCUT2D eigenvalue weighted by molar-refractivity contribution is 0.0449. The molecule has 1 aromatic carbocycles. The summed E-state index contributed by atoms with van der Waals surface area (Å²) in [5.74, 6) is 0. The number of anilines is 1. The minimum absolute atomic E-state index is 0.540. The molecule has 1 aliphatic heterocycles. The van der Waals surface area contributed by atoms with Crippen molar-refractivity contribution in [1.82, 2.24) is 5.32 Å². The molecule has 94 valence electrons. The van der Waals surface area contributed by atoms with E-state index >= 15 is 0 Å². The largest absolute Gasteiger partial charge is 0.388 e. The van der Waals surface area contributed by atoms with Crippen LogP contribution in [0.3, 0.4) is 0 Å². The van der Waals surface area contributed by atoms with Crippen molar-refractivity contribution in [3.63, 3.8) is 0 Å². The lowest BCUT2D eigenvalue weighted by Crippen LogP contribution is -2.46.